The third kappa shape index (κ3) is 5.22. The summed E-state index contributed by atoms with van der Waals surface area (Å²) in [7, 11) is 1.59. The summed E-state index contributed by atoms with van der Waals surface area (Å²) in [6.45, 7) is 3.50. The number of rotatable bonds is 6. The van der Waals surface area contributed by atoms with Crippen LogP contribution < -0.4 is 15.4 Å². The maximum absolute atomic E-state index is 9.98. The minimum atomic E-state index is 0. The Morgan fingerprint density at radius 2 is 2.07 bits per heavy atom. The molecule has 0 saturated carbocycles. The van der Waals surface area contributed by atoms with Crippen molar-refractivity contribution in [2.75, 3.05) is 13.7 Å². The van der Waals surface area contributed by atoms with Crippen molar-refractivity contribution in [3.8, 4) is 11.5 Å². The predicted octanol–water partition coefficient (Wildman–Crippen LogP) is 2.32. The highest BCUT2D eigenvalue weighted by atomic mass is 127. The second-order valence-corrected chi connectivity index (χ2v) is 5.59. The summed E-state index contributed by atoms with van der Waals surface area (Å²) >= 11 is 0. The van der Waals surface area contributed by atoms with Gasteiger partial charge in [-0.25, -0.2) is 4.99 Å². The Balaban J connectivity index is 0.00000261. The second kappa shape index (κ2) is 9.95. The summed E-state index contributed by atoms with van der Waals surface area (Å²) in [5.41, 5.74) is 1.49. The minimum absolute atomic E-state index is 0. The molecule has 3 rings (SSSR count). The number of phenols is 1. The highest BCUT2D eigenvalue weighted by molar-refractivity contribution is 14.0. The summed E-state index contributed by atoms with van der Waals surface area (Å²) in [6.07, 6.45) is 1.92. The zero-order chi connectivity index (χ0) is 18.4. The first-order chi connectivity index (χ1) is 12.7. The van der Waals surface area contributed by atoms with Crippen LogP contribution in [0.3, 0.4) is 0 Å². The Morgan fingerprint density at radius 1 is 1.22 bits per heavy atom. The van der Waals surface area contributed by atoms with Crippen molar-refractivity contribution in [3.05, 3.63) is 54.0 Å². The summed E-state index contributed by atoms with van der Waals surface area (Å²) in [5.74, 6) is 2.28. The topological polar surface area (TPSA) is 96.1 Å². The van der Waals surface area contributed by atoms with Gasteiger partial charge < -0.3 is 20.5 Å². The van der Waals surface area contributed by atoms with Crippen molar-refractivity contribution in [3.63, 3.8) is 0 Å². The van der Waals surface area contributed by atoms with Crippen molar-refractivity contribution in [2.24, 2.45) is 4.99 Å². The van der Waals surface area contributed by atoms with Gasteiger partial charge in [0, 0.05) is 18.3 Å². The lowest BCUT2D eigenvalue weighted by atomic mass is 10.2. The average Bonchev–Trinajstić information content (AvgIpc) is 3.08. The minimum Gasteiger partial charge on any atom is -0.508 e. The molecule has 0 spiro atoms. The fourth-order valence-corrected chi connectivity index (χ4v) is 2.50. The highest BCUT2D eigenvalue weighted by Crippen LogP contribution is 2.23. The first-order valence-corrected chi connectivity index (χ1v) is 8.38. The van der Waals surface area contributed by atoms with Crippen LogP contribution in [0.2, 0.25) is 0 Å². The molecule has 2 heterocycles. The fraction of sp³-hybridized carbons (Fsp3) is 0.278. The average molecular weight is 482 g/mol. The van der Waals surface area contributed by atoms with E-state index in [2.05, 4.69) is 25.8 Å². The molecule has 27 heavy (non-hydrogen) atoms. The number of ether oxygens (including phenoxy) is 1. The van der Waals surface area contributed by atoms with Crippen molar-refractivity contribution in [1.82, 2.24) is 25.2 Å². The summed E-state index contributed by atoms with van der Waals surface area (Å²) in [4.78, 5) is 4.52. The molecule has 0 amide bonds. The summed E-state index contributed by atoms with van der Waals surface area (Å²) < 4.78 is 7.11. The molecule has 0 fully saturated rings. The summed E-state index contributed by atoms with van der Waals surface area (Å²) in [6, 6.07) is 10.8. The monoisotopic (exact) mass is 482 g/mol. The van der Waals surface area contributed by atoms with Crippen LogP contribution in [0.25, 0.3) is 5.65 Å². The van der Waals surface area contributed by atoms with E-state index in [-0.39, 0.29) is 29.7 Å². The molecule has 144 valence electrons. The number of benzene rings is 1. The van der Waals surface area contributed by atoms with Gasteiger partial charge in [-0.2, -0.15) is 0 Å². The van der Waals surface area contributed by atoms with Crippen LogP contribution in [0.5, 0.6) is 11.5 Å². The molecular weight excluding hydrogens is 459 g/mol. The van der Waals surface area contributed by atoms with E-state index in [1.54, 1.807) is 25.3 Å². The number of aromatic nitrogens is 3. The number of hydrogen-bond donors (Lipinski definition) is 3. The number of aromatic hydroxyl groups is 1. The van der Waals surface area contributed by atoms with Gasteiger partial charge >= 0.3 is 0 Å². The van der Waals surface area contributed by atoms with Gasteiger partial charge in [-0.3, -0.25) is 4.40 Å². The number of fused-ring (bicyclic) bond motifs is 1. The lowest BCUT2D eigenvalue weighted by Crippen LogP contribution is -2.37. The smallest absolute Gasteiger partial charge is 0.191 e. The predicted molar refractivity (Wildman–Crippen MR) is 115 cm³/mol. The number of pyridine rings is 1. The molecule has 0 atom stereocenters. The lowest BCUT2D eigenvalue weighted by molar-refractivity contribution is 0.411. The maximum atomic E-state index is 9.98. The van der Waals surface area contributed by atoms with Gasteiger partial charge in [-0.1, -0.05) is 6.07 Å². The number of nitrogens with zero attached hydrogens (tertiary/aromatic N) is 4. The van der Waals surface area contributed by atoms with Crippen molar-refractivity contribution < 1.29 is 9.84 Å². The normalized spacial score (nSPS) is 11.1. The number of aliphatic imine (C=N–C) groups is 1. The first kappa shape index (κ1) is 20.7. The van der Waals surface area contributed by atoms with E-state index in [9.17, 15) is 5.11 Å². The molecule has 0 aliphatic carbocycles. The number of methoxy groups -OCH3 is 1. The molecule has 0 unspecified atom stereocenters. The van der Waals surface area contributed by atoms with E-state index in [0.717, 1.165) is 18.0 Å². The van der Waals surface area contributed by atoms with Gasteiger partial charge in [0.05, 0.1) is 20.2 Å². The van der Waals surface area contributed by atoms with Crippen LogP contribution in [-0.4, -0.2) is 39.3 Å². The number of phenolic OH excluding ortho intramolecular Hbond substituents is 1. The second-order valence-electron chi connectivity index (χ2n) is 5.59. The Hall–Kier alpha value is -2.56. The molecule has 3 N–H and O–H groups in total. The Morgan fingerprint density at radius 3 is 2.85 bits per heavy atom. The molecule has 1 aromatic carbocycles. The molecule has 0 radical (unpaired) electrons. The van der Waals surface area contributed by atoms with Gasteiger partial charge in [0.15, 0.2) is 17.4 Å². The fourth-order valence-electron chi connectivity index (χ4n) is 2.50. The number of nitrogens with one attached hydrogen (secondary N) is 2. The zero-order valence-electron chi connectivity index (χ0n) is 15.2. The van der Waals surface area contributed by atoms with Crippen LogP contribution in [0.4, 0.5) is 0 Å². The third-order valence-corrected chi connectivity index (χ3v) is 3.84. The molecule has 0 aliphatic rings. The van der Waals surface area contributed by atoms with Crippen LogP contribution >= 0.6 is 24.0 Å². The molecule has 9 heteroatoms. The van der Waals surface area contributed by atoms with Crippen molar-refractivity contribution >= 4 is 35.6 Å². The molecule has 0 saturated heterocycles. The van der Waals surface area contributed by atoms with Crippen LogP contribution in [0.1, 0.15) is 18.3 Å². The molecule has 8 nitrogen and oxygen atoms in total. The van der Waals surface area contributed by atoms with E-state index in [4.69, 9.17) is 4.74 Å². The first-order valence-electron chi connectivity index (χ1n) is 8.38. The molecule has 0 aliphatic heterocycles. The SMILES string of the molecule is CCNC(=NCc1cc(OC)ccc1O)NCc1nnc2ccccn12.I. The zero-order valence-corrected chi connectivity index (χ0v) is 17.5. The van der Waals surface area contributed by atoms with E-state index in [1.165, 1.54) is 0 Å². The Bertz CT molecular complexity index is 912. The van der Waals surface area contributed by atoms with Crippen LogP contribution in [0, 0.1) is 0 Å². The lowest BCUT2D eigenvalue weighted by Gasteiger charge is -2.11. The van der Waals surface area contributed by atoms with Gasteiger partial charge in [0.25, 0.3) is 0 Å². The van der Waals surface area contributed by atoms with E-state index in [0.29, 0.717) is 30.4 Å². The van der Waals surface area contributed by atoms with E-state index >= 15 is 0 Å². The van der Waals surface area contributed by atoms with Crippen LogP contribution in [0.15, 0.2) is 47.6 Å². The Labute approximate surface area is 174 Å². The maximum Gasteiger partial charge on any atom is 0.191 e. The van der Waals surface area contributed by atoms with E-state index in [1.807, 2.05) is 35.7 Å². The third-order valence-electron chi connectivity index (χ3n) is 3.84. The summed E-state index contributed by atoms with van der Waals surface area (Å²) in [5, 5.41) is 24.7. The Kier molecular flexibility index (Phi) is 7.65. The van der Waals surface area contributed by atoms with Crippen molar-refractivity contribution in [1.29, 1.82) is 0 Å². The molecule has 0 bridgehead atoms. The number of halogens is 1. The van der Waals surface area contributed by atoms with E-state index < -0.39 is 0 Å². The van der Waals surface area contributed by atoms with Gasteiger partial charge in [0.2, 0.25) is 0 Å². The van der Waals surface area contributed by atoms with Crippen molar-refractivity contribution in [2.45, 2.75) is 20.0 Å². The van der Waals surface area contributed by atoms with Gasteiger partial charge in [-0.05, 0) is 37.3 Å². The molecule has 3 aromatic rings. The standard InChI is InChI=1S/C18H22N6O2.HI/c1-3-19-18(20-11-13-10-14(26-2)7-8-15(13)25)21-12-17-23-22-16-6-4-5-9-24(16)17;/h4-10,25H,3,11-12H2,1-2H3,(H2,19,20,21);1H. The number of guanidine groups is 1. The highest BCUT2D eigenvalue weighted by Gasteiger charge is 2.07. The van der Waals surface area contributed by atoms with Gasteiger partial charge in [0.1, 0.15) is 11.5 Å². The largest absolute Gasteiger partial charge is 0.508 e. The quantitative estimate of drug-likeness (QED) is 0.284. The van der Waals surface area contributed by atoms with Crippen LogP contribution in [-0.2, 0) is 13.1 Å². The molecular formula is C18H23IN6O2. The van der Waals surface area contributed by atoms with Gasteiger partial charge in [-0.15, -0.1) is 34.2 Å². The molecule has 2 aromatic heterocycles. The number of hydrogen-bond acceptors (Lipinski definition) is 5.